The van der Waals surface area contributed by atoms with E-state index in [2.05, 4.69) is 0 Å². The molecule has 1 heterocycles. The van der Waals surface area contributed by atoms with E-state index in [1.807, 2.05) is 6.92 Å². The van der Waals surface area contributed by atoms with Crippen LogP contribution < -0.4 is 0 Å². The van der Waals surface area contributed by atoms with Crippen LogP contribution in [0, 0.1) is 13.8 Å². The fourth-order valence-corrected chi connectivity index (χ4v) is 3.91. The summed E-state index contributed by atoms with van der Waals surface area (Å²) >= 11 is 5.96. The molecule has 0 aliphatic heterocycles. The second-order valence-corrected chi connectivity index (χ2v) is 8.02. The van der Waals surface area contributed by atoms with Crippen LogP contribution in [0.1, 0.15) is 62.7 Å². The number of halogens is 1. The zero-order valence-corrected chi connectivity index (χ0v) is 20.3. The van der Waals surface area contributed by atoms with Crippen molar-refractivity contribution in [2.24, 2.45) is 7.05 Å². The first-order chi connectivity index (χ1) is 15.1. The Kier molecular flexibility index (Phi) is 9.04. The van der Waals surface area contributed by atoms with Gasteiger partial charge < -0.3 is 18.9 Å². The summed E-state index contributed by atoms with van der Waals surface area (Å²) in [5, 5.41) is 0.527. The van der Waals surface area contributed by atoms with Gasteiger partial charge in [0.15, 0.2) is 5.78 Å². The van der Waals surface area contributed by atoms with Crippen LogP contribution in [0.15, 0.2) is 24.3 Å². The molecule has 0 saturated heterocycles. The number of aromatic nitrogens is 1. The van der Waals surface area contributed by atoms with Crippen LogP contribution in [0.25, 0.3) is 0 Å². The van der Waals surface area contributed by atoms with E-state index in [4.69, 9.17) is 21.1 Å². The minimum Gasteiger partial charge on any atom is -0.464 e. The summed E-state index contributed by atoms with van der Waals surface area (Å²) in [7, 11) is 3.02. The molecule has 1 atom stereocenters. The number of nitrogens with zero attached hydrogens (tertiary/aromatic N) is 2. The van der Waals surface area contributed by atoms with E-state index in [-0.39, 0.29) is 11.7 Å². The van der Waals surface area contributed by atoms with E-state index in [1.165, 1.54) is 7.11 Å². The molecule has 7 nitrogen and oxygen atoms in total. The Labute approximate surface area is 194 Å². The van der Waals surface area contributed by atoms with Crippen LogP contribution in [-0.4, -0.2) is 60.0 Å². The summed E-state index contributed by atoms with van der Waals surface area (Å²) in [6.07, 6.45) is 0.588. The number of esters is 1. The molecule has 8 heteroatoms. The third-order valence-electron chi connectivity index (χ3n) is 5.65. The number of Topliss-reactive ketones (excluding diaryl/α,β-unsaturated/α-hetero) is 1. The predicted octanol–water partition coefficient (Wildman–Crippen LogP) is 4.22. The van der Waals surface area contributed by atoms with Crippen molar-refractivity contribution in [3.63, 3.8) is 0 Å². The van der Waals surface area contributed by atoms with Crippen LogP contribution in [0.4, 0.5) is 0 Å². The van der Waals surface area contributed by atoms with Crippen LogP contribution in [0.5, 0.6) is 0 Å². The molecular formula is C24H31ClN2O5. The highest BCUT2D eigenvalue weighted by Crippen LogP contribution is 2.25. The Balaban J connectivity index is 2.41. The molecule has 32 heavy (non-hydrogen) atoms. The van der Waals surface area contributed by atoms with E-state index in [1.54, 1.807) is 61.6 Å². The largest absolute Gasteiger partial charge is 0.464 e. The average Bonchev–Trinajstić information content (AvgIpc) is 3.00. The number of hydrogen-bond donors (Lipinski definition) is 0. The lowest BCUT2D eigenvalue weighted by atomic mass is 9.99. The molecule has 1 amide bonds. The summed E-state index contributed by atoms with van der Waals surface area (Å²) < 4.78 is 11.9. The van der Waals surface area contributed by atoms with Crippen LogP contribution in [-0.2, 0) is 16.5 Å². The lowest BCUT2D eigenvalue weighted by Crippen LogP contribution is -2.44. The first kappa shape index (κ1) is 25.6. The zero-order valence-electron chi connectivity index (χ0n) is 19.5. The van der Waals surface area contributed by atoms with Gasteiger partial charge in [-0.25, -0.2) is 4.79 Å². The molecule has 0 saturated carbocycles. The molecule has 1 aromatic carbocycles. The van der Waals surface area contributed by atoms with Gasteiger partial charge in [-0.1, -0.05) is 11.6 Å². The minimum atomic E-state index is -0.745. The molecule has 2 rings (SSSR count). The van der Waals surface area contributed by atoms with Crippen molar-refractivity contribution in [2.45, 2.75) is 40.2 Å². The second kappa shape index (κ2) is 11.3. The number of carbonyl (C=O) groups is 3. The maximum absolute atomic E-state index is 13.6. The molecule has 174 valence electrons. The number of amides is 1. The van der Waals surface area contributed by atoms with Gasteiger partial charge in [0.25, 0.3) is 5.91 Å². The third-order valence-corrected chi connectivity index (χ3v) is 5.90. The van der Waals surface area contributed by atoms with Crippen LogP contribution in [0.3, 0.4) is 0 Å². The molecule has 2 aromatic rings. The summed E-state index contributed by atoms with van der Waals surface area (Å²) in [6.45, 7) is 8.53. The van der Waals surface area contributed by atoms with Gasteiger partial charge in [-0.2, -0.15) is 0 Å². The van der Waals surface area contributed by atoms with Crippen molar-refractivity contribution in [3.8, 4) is 0 Å². The molecule has 0 aliphatic rings. The van der Waals surface area contributed by atoms with Gasteiger partial charge >= 0.3 is 5.97 Å². The Morgan fingerprint density at radius 3 is 2.34 bits per heavy atom. The number of carbonyl (C=O) groups excluding carboxylic acids is 3. The third kappa shape index (κ3) is 5.40. The smallest absolute Gasteiger partial charge is 0.354 e. The van der Waals surface area contributed by atoms with Crippen molar-refractivity contribution in [1.82, 2.24) is 9.47 Å². The SMILES string of the molecule is CCOCCCN(C(=O)c1ccc(Cl)cc1)C(C)C(=O)c1c(C)c(C(=O)OC)n(C)c1C. The molecular weight excluding hydrogens is 432 g/mol. The topological polar surface area (TPSA) is 77.8 Å². The highest BCUT2D eigenvalue weighted by Gasteiger charge is 2.32. The predicted molar refractivity (Wildman–Crippen MR) is 124 cm³/mol. The van der Waals surface area contributed by atoms with Gasteiger partial charge in [0.2, 0.25) is 0 Å². The average molecular weight is 463 g/mol. The molecule has 0 spiro atoms. The fraction of sp³-hybridized carbons (Fsp3) is 0.458. The van der Waals surface area contributed by atoms with E-state index in [9.17, 15) is 14.4 Å². The van der Waals surface area contributed by atoms with E-state index in [0.717, 1.165) is 0 Å². The summed E-state index contributed by atoms with van der Waals surface area (Å²) in [5.41, 5.74) is 2.39. The van der Waals surface area contributed by atoms with Crippen molar-refractivity contribution in [3.05, 3.63) is 57.4 Å². The lowest BCUT2D eigenvalue weighted by molar-refractivity contribution is 0.0585. The molecule has 0 fully saturated rings. The molecule has 0 bridgehead atoms. The highest BCUT2D eigenvalue weighted by molar-refractivity contribution is 6.30. The molecule has 0 radical (unpaired) electrons. The number of benzene rings is 1. The zero-order chi connectivity index (χ0) is 24.0. The molecule has 1 unspecified atom stereocenters. The highest BCUT2D eigenvalue weighted by atomic mass is 35.5. The lowest BCUT2D eigenvalue weighted by Gasteiger charge is -2.29. The summed E-state index contributed by atoms with van der Waals surface area (Å²) in [5.74, 6) is -1.01. The van der Waals surface area contributed by atoms with E-state index < -0.39 is 12.0 Å². The fourth-order valence-electron chi connectivity index (χ4n) is 3.79. The van der Waals surface area contributed by atoms with Crippen molar-refractivity contribution in [2.75, 3.05) is 26.9 Å². The second-order valence-electron chi connectivity index (χ2n) is 7.58. The molecule has 0 aliphatic carbocycles. The number of ether oxygens (including phenoxy) is 2. The van der Waals surface area contributed by atoms with Gasteiger partial charge in [0.05, 0.1) is 13.2 Å². The molecule has 0 N–H and O–H groups in total. The van der Waals surface area contributed by atoms with Crippen LogP contribution in [0.2, 0.25) is 5.02 Å². The first-order valence-electron chi connectivity index (χ1n) is 10.6. The van der Waals surface area contributed by atoms with Crippen molar-refractivity contribution < 1.29 is 23.9 Å². The van der Waals surface area contributed by atoms with E-state index in [0.29, 0.717) is 59.3 Å². The first-order valence-corrected chi connectivity index (χ1v) is 11.0. The number of methoxy groups -OCH3 is 1. The standard InChI is InChI=1S/C24H31ClN2O5/c1-7-32-14-8-13-27(23(29)18-9-11-19(25)12-10-18)17(4)22(28)20-15(2)21(24(30)31-6)26(5)16(20)3/h9-12,17H,7-8,13-14H2,1-6H3. The number of rotatable bonds is 10. The van der Waals surface area contributed by atoms with E-state index >= 15 is 0 Å². The normalized spacial score (nSPS) is 11.8. The van der Waals surface area contributed by atoms with Crippen LogP contribution >= 0.6 is 11.6 Å². The Hall–Kier alpha value is -2.64. The monoisotopic (exact) mass is 462 g/mol. The quantitative estimate of drug-likeness (QED) is 0.300. The summed E-state index contributed by atoms with van der Waals surface area (Å²) in [6, 6.07) is 5.84. The molecule has 1 aromatic heterocycles. The Morgan fingerprint density at radius 1 is 1.16 bits per heavy atom. The van der Waals surface area contributed by atoms with Gasteiger partial charge in [0, 0.05) is 48.6 Å². The minimum absolute atomic E-state index is 0.232. The Bertz CT molecular complexity index is 981. The van der Waals surface area contributed by atoms with Gasteiger partial charge in [-0.3, -0.25) is 9.59 Å². The van der Waals surface area contributed by atoms with Gasteiger partial charge in [0.1, 0.15) is 5.69 Å². The number of hydrogen-bond acceptors (Lipinski definition) is 5. The maximum Gasteiger partial charge on any atom is 0.354 e. The van der Waals surface area contributed by atoms with Crippen molar-refractivity contribution in [1.29, 1.82) is 0 Å². The van der Waals surface area contributed by atoms with Gasteiger partial charge in [-0.05, 0) is 63.9 Å². The number of ketones is 1. The van der Waals surface area contributed by atoms with Gasteiger partial charge in [-0.15, -0.1) is 0 Å². The summed E-state index contributed by atoms with van der Waals surface area (Å²) in [4.78, 5) is 40.7. The van der Waals surface area contributed by atoms with Crippen molar-refractivity contribution >= 4 is 29.3 Å². The maximum atomic E-state index is 13.6. The Morgan fingerprint density at radius 2 is 1.78 bits per heavy atom.